The van der Waals surface area contributed by atoms with Crippen LogP contribution in [0.2, 0.25) is 0 Å². The molecule has 1 aromatic carbocycles. The zero-order valence-corrected chi connectivity index (χ0v) is 14.4. The number of amides is 1. The molecule has 3 rings (SSSR count). The van der Waals surface area contributed by atoms with Gasteiger partial charge >= 0.3 is 0 Å². The van der Waals surface area contributed by atoms with Gasteiger partial charge in [-0.15, -0.1) is 0 Å². The molecule has 0 aliphatic carbocycles. The van der Waals surface area contributed by atoms with Gasteiger partial charge in [-0.1, -0.05) is 12.1 Å². The van der Waals surface area contributed by atoms with Crippen LogP contribution in [0.5, 0.6) is 11.5 Å². The summed E-state index contributed by atoms with van der Waals surface area (Å²) in [5.41, 5.74) is 2.71. The van der Waals surface area contributed by atoms with Crippen LogP contribution in [-0.4, -0.2) is 29.6 Å². The number of methoxy groups -OCH3 is 1. The quantitative estimate of drug-likeness (QED) is 0.710. The minimum atomic E-state index is -0.204. The van der Waals surface area contributed by atoms with Gasteiger partial charge in [-0.25, -0.2) is 0 Å². The van der Waals surface area contributed by atoms with E-state index in [2.05, 4.69) is 15.3 Å². The molecule has 132 valence electrons. The molecule has 0 bridgehead atoms. The Morgan fingerprint density at radius 2 is 1.96 bits per heavy atom. The van der Waals surface area contributed by atoms with E-state index in [1.165, 1.54) is 0 Å². The van der Waals surface area contributed by atoms with Gasteiger partial charge in [-0.2, -0.15) is 0 Å². The van der Waals surface area contributed by atoms with E-state index in [4.69, 9.17) is 9.47 Å². The SMILES string of the molecule is COc1cccc(OCC(=O)NCc2ccc(-c3cccnc3)nc2)c1. The summed E-state index contributed by atoms with van der Waals surface area (Å²) in [7, 11) is 1.58. The van der Waals surface area contributed by atoms with Crippen molar-refractivity contribution in [3.63, 3.8) is 0 Å². The van der Waals surface area contributed by atoms with Gasteiger partial charge in [0, 0.05) is 36.8 Å². The first kappa shape index (κ1) is 17.4. The van der Waals surface area contributed by atoms with Crippen LogP contribution in [0.1, 0.15) is 5.56 Å². The molecule has 0 aliphatic heterocycles. The average Bonchev–Trinajstić information content (AvgIpc) is 2.72. The van der Waals surface area contributed by atoms with Crippen molar-refractivity contribution in [1.29, 1.82) is 0 Å². The fourth-order valence-corrected chi connectivity index (χ4v) is 2.31. The third-order valence-corrected chi connectivity index (χ3v) is 3.68. The Kier molecular flexibility index (Phi) is 5.77. The van der Waals surface area contributed by atoms with E-state index < -0.39 is 0 Å². The first-order valence-electron chi connectivity index (χ1n) is 8.13. The maximum absolute atomic E-state index is 11.9. The fraction of sp³-hybridized carbons (Fsp3) is 0.150. The summed E-state index contributed by atoms with van der Waals surface area (Å²) >= 11 is 0. The smallest absolute Gasteiger partial charge is 0.258 e. The number of benzene rings is 1. The number of rotatable bonds is 7. The van der Waals surface area contributed by atoms with Gasteiger partial charge in [0.25, 0.3) is 5.91 Å². The minimum Gasteiger partial charge on any atom is -0.497 e. The highest BCUT2D eigenvalue weighted by Crippen LogP contribution is 2.18. The fourth-order valence-electron chi connectivity index (χ4n) is 2.31. The highest BCUT2D eigenvalue weighted by Gasteiger charge is 2.05. The van der Waals surface area contributed by atoms with Gasteiger partial charge in [-0.05, 0) is 35.9 Å². The third kappa shape index (κ3) is 4.80. The van der Waals surface area contributed by atoms with Crippen molar-refractivity contribution in [1.82, 2.24) is 15.3 Å². The Morgan fingerprint density at radius 1 is 1.08 bits per heavy atom. The molecule has 3 aromatic rings. The summed E-state index contributed by atoms with van der Waals surface area (Å²) in [6.45, 7) is 0.328. The molecule has 6 heteroatoms. The minimum absolute atomic E-state index is 0.0611. The predicted octanol–water partition coefficient (Wildman–Crippen LogP) is 2.85. The summed E-state index contributed by atoms with van der Waals surface area (Å²) < 4.78 is 10.6. The molecule has 0 unspecified atom stereocenters. The Balaban J connectivity index is 1.48. The van der Waals surface area contributed by atoms with Crippen LogP contribution in [-0.2, 0) is 11.3 Å². The lowest BCUT2D eigenvalue weighted by molar-refractivity contribution is -0.123. The molecule has 0 atom stereocenters. The Hall–Kier alpha value is -3.41. The average molecular weight is 349 g/mol. The molecule has 6 nitrogen and oxygen atoms in total. The molecule has 0 saturated heterocycles. The monoisotopic (exact) mass is 349 g/mol. The van der Waals surface area contributed by atoms with Crippen molar-refractivity contribution in [2.75, 3.05) is 13.7 Å². The molecule has 2 aromatic heterocycles. The van der Waals surface area contributed by atoms with E-state index in [0.717, 1.165) is 16.8 Å². The summed E-state index contributed by atoms with van der Waals surface area (Å²) in [4.78, 5) is 20.4. The van der Waals surface area contributed by atoms with Crippen LogP contribution in [0, 0.1) is 0 Å². The molecular formula is C20H19N3O3. The molecule has 0 saturated carbocycles. The molecule has 0 spiro atoms. The maximum Gasteiger partial charge on any atom is 0.258 e. The topological polar surface area (TPSA) is 73.3 Å². The third-order valence-electron chi connectivity index (χ3n) is 3.68. The Bertz CT molecular complexity index is 852. The van der Waals surface area contributed by atoms with Crippen LogP contribution >= 0.6 is 0 Å². The van der Waals surface area contributed by atoms with Crippen molar-refractivity contribution in [3.05, 3.63) is 72.7 Å². The van der Waals surface area contributed by atoms with Crippen molar-refractivity contribution >= 4 is 5.91 Å². The first-order chi connectivity index (χ1) is 12.7. The van der Waals surface area contributed by atoms with Gasteiger partial charge in [-0.3, -0.25) is 14.8 Å². The number of hydrogen-bond acceptors (Lipinski definition) is 5. The highest BCUT2D eigenvalue weighted by molar-refractivity contribution is 5.77. The lowest BCUT2D eigenvalue weighted by atomic mass is 10.1. The van der Waals surface area contributed by atoms with Gasteiger partial charge in [0.15, 0.2) is 6.61 Å². The molecule has 1 N–H and O–H groups in total. The van der Waals surface area contributed by atoms with Crippen molar-refractivity contribution in [3.8, 4) is 22.8 Å². The summed E-state index contributed by atoms with van der Waals surface area (Å²) in [6, 6.07) is 14.8. The molecule has 1 amide bonds. The molecule has 0 aliphatic rings. The lowest BCUT2D eigenvalue weighted by Crippen LogP contribution is -2.28. The largest absolute Gasteiger partial charge is 0.497 e. The van der Waals surface area contributed by atoms with E-state index in [0.29, 0.717) is 18.0 Å². The number of carbonyl (C=O) groups excluding carboxylic acids is 1. The van der Waals surface area contributed by atoms with E-state index in [-0.39, 0.29) is 12.5 Å². The highest BCUT2D eigenvalue weighted by atomic mass is 16.5. The maximum atomic E-state index is 11.9. The predicted molar refractivity (Wildman–Crippen MR) is 97.8 cm³/mol. The molecule has 2 heterocycles. The van der Waals surface area contributed by atoms with E-state index in [9.17, 15) is 4.79 Å². The second-order valence-corrected chi connectivity index (χ2v) is 5.54. The van der Waals surface area contributed by atoms with Gasteiger partial charge in [0.2, 0.25) is 0 Å². The molecule has 0 radical (unpaired) electrons. The second-order valence-electron chi connectivity index (χ2n) is 5.54. The van der Waals surface area contributed by atoms with E-state index in [1.54, 1.807) is 37.8 Å². The summed E-state index contributed by atoms with van der Waals surface area (Å²) in [5.74, 6) is 1.06. The van der Waals surface area contributed by atoms with Gasteiger partial charge in [0.05, 0.1) is 12.8 Å². The lowest BCUT2D eigenvalue weighted by Gasteiger charge is -2.09. The van der Waals surface area contributed by atoms with Crippen molar-refractivity contribution in [2.24, 2.45) is 0 Å². The number of hydrogen-bond donors (Lipinski definition) is 1. The van der Waals surface area contributed by atoms with Crippen LogP contribution in [0.4, 0.5) is 0 Å². The van der Waals surface area contributed by atoms with Crippen LogP contribution in [0.15, 0.2) is 67.1 Å². The number of aromatic nitrogens is 2. The van der Waals surface area contributed by atoms with Gasteiger partial charge in [0.1, 0.15) is 11.5 Å². The van der Waals surface area contributed by atoms with Crippen LogP contribution in [0.3, 0.4) is 0 Å². The van der Waals surface area contributed by atoms with Crippen LogP contribution < -0.4 is 14.8 Å². The van der Waals surface area contributed by atoms with E-state index in [1.807, 2.05) is 36.4 Å². The molecule has 26 heavy (non-hydrogen) atoms. The zero-order chi connectivity index (χ0) is 18.2. The number of ether oxygens (including phenoxy) is 2. The summed E-state index contributed by atoms with van der Waals surface area (Å²) in [5, 5.41) is 2.81. The standard InChI is InChI=1S/C20H19N3O3/c1-25-17-5-2-6-18(10-17)26-14-20(24)23-12-15-7-8-19(22-11-15)16-4-3-9-21-13-16/h2-11,13H,12,14H2,1H3,(H,23,24). The number of nitrogens with one attached hydrogen (secondary N) is 1. The van der Waals surface area contributed by atoms with E-state index >= 15 is 0 Å². The first-order valence-corrected chi connectivity index (χ1v) is 8.13. The molecule has 0 fully saturated rings. The van der Waals surface area contributed by atoms with Crippen molar-refractivity contribution < 1.29 is 14.3 Å². The van der Waals surface area contributed by atoms with Crippen LogP contribution in [0.25, 0.3) is 11.3 Å². The molecular weight excluding hydrogens is 330 g/mol. The Morgan fingerprint density at radius 3 is 2.69 bits per heavy atom. The zero-order valence-electron chi connectivity index (χ0n) is 14.4. The number of pyridine rings is 2. The summed E-state index contributed by atoms with van der Waals surface area (Å²) in [6.07, 6.45) is 5.23. The Labute approximate surface area is 151 Å². The second kappa shape index (κ2) is 8.62. The van der Waals surface area contributed by atoms with Crippen molar-refractivity contribution in [2.45, 2.75) is 6.54 Å². The normalized spacial score (nSPS) is 10.2. The number of carbonyl (C=O) groups is 1. The number of nitrogens with zero attached hydrogens (tertiary/aromatic N) is 2. The van der Waals surface area contributed by atoms with Gasteiger partial charge < -0.3 is 14.8 Å².